The fourth-order valence-corrected chi connectivity index (χ4v) is 2.12. The maximum Gasteiger partial charge on any atom is 0.276 e. The van der Waals surface area contributed by atoms with E-state index in [2.05, 4.69) is 5.10 Å². The lowest BCUT2D eigenvalue weighted by Crippen LogP contribution is -2.28. The molecule has 1 N–H and O–H groups in total. The Morgan fingerprint density at radius 2 is 2.29 bits per heavy atom. The molecular weight excluding hydrogens is 218 g/mol. The third-order valence-corrected chi connectivity index (χ3v) is 3.28. The Bertz CT molecular complexity index is 610. The summed E-state index contributed by atoms with van der Waals surface area (Å²) in [5, 5.41) is 14.0. The van der Waals surface area contributed by atoms with Crippen molar-refractivity contribution in [1.29, 1.82) is 0 Å². The minimum atomic E-state index is -0.404. The fraction of sp³-hybridized carbons (Fsp3) is 0.500. The Hall–Kier alpha value is -1.62. The quantitative estimate of drug-likeness (QED) is 0.843. The zero-order valence-electron chi connectivity index (χ0n) is 9.71. The van der Waals surface area contributed by atoms with Crippen LogP contribution in [0.15, 0.2) is 23.3 Å². The number of hydrogen-bond donors (Lipinski definition) is 1. The molecule has 1 unspecified atom stereocenters. The maximum absolute atomic E-state index is 12.1. The molecular formula is C12H15N3O2. The van der Waals surface area contributed by atoms with Crippen molar-refractivity contribution in [3.8, 4) is 0 Å². The molecule has 1 saturated carbocycles. The van der Waals surface area contributed by atoms with Gasteiger partial charge >= 0.3 is 0 Å². The van der Waals surface area contributed by atoms with Gasteiger partial charge in [-0.3, -0.25) is 4.79 Å². The van der Waals surface area contributed by atoms with E-state index in [1.165, 1.54) is 0 Å². The van der Waals surface area contributed by atoms with Crippen LogP contribution < -0.4 is 5.56 Å². The molecule has 0 aliphatic heterocycles. The molecule has 2 aromatic heterocycles. The summed E-state index contributed by atoms with van der Waals surface area (Å²) < 4.78 is 3.15. The summed E-state index contributed by atoms with van der Waals surface area (Å²) in [5.74, 6) is 0.379. The zero-order valence-corrected chi connectivity index (χ0v) is 9.71. The lowest BCUT2D eigenvalue weighted by molar-refractivity contribution is 0.130. The largest absolute Gasteiger partial charge is 0.391 e. The smallest absolute Gasteiger partial charge is 0.276 e. The van der Waals surface area contributed by atoms with Gasteiger partial charge < -0.3 is 9.67 Å². The molecule has 17 heavy (non-hydrogen) atoms. The number of aryl methyl sites for hydroxylation is 1. The molecule has 3 rings (SSSR count). The molecule has 5 nitrogen and oxygen atoms in total. The highest BCUT2D eigenvalue weighted by Crippen LogP contribution is 2.32. The van der Waals surface area contributed by atoms with E-state index < -0.39 is 6.10 Å². The van der Waals surface area contributed by atoms with Gasteiger partial charge in [-0.1, -0.05) is 0 Å². The lowest BCUT2D eigenvalue weighted by atomic mass is 10.2. The van der Waals surface area contributed by atoms with Crippen molar-refractivity contribution >= 4 is 5.52 Å². The summed E-state index contributed by atoms with van der Waals surface area (Å²) in [6, 6.07) is 1.77. The highest BCUT2D eigenvalue weighted by atomic mass is 16.3. The van der Waals surface area contributed by atoms with Crippen molar-refractivity contribution in [1.82, 2.24) is 14.2 Å². The van der Waals surface area contributed by atoms with E-state index in [1.807, 2.05) is 6.92 Å². The second-order valence-corrected chi connectivity index (χ2v) is 4.78. The Labute approximate surface area is 98.3 Å². The van der Waals surface area contributed by atoms with E-state index in [9.17, 15) is 9.90 Å². The van der Waals surface area contributed by atoms with Gasteiger partial charge in [-0.15, -0.1) is 0 Å². The first-order chi connectivity index (χ1) is 8.15. The molecule has 1 fully saturated rings. The van der Waals surface area contributed by atoms with E-state index in [0.29, 0.717) is 18.0 Å². The number of aliphatic hydroxyl groups is 1. The molecule has 1 aliphatic carbocycles. The summed E-state index contributed by atoms with van der Waals surface area (Å²) >= 11 is 0. The van der Waals surface area contributed by atoms with Gasteiger partial charge in [0.2, 0.25) is 0 Å². The molecule has 1 atom stereocenters. The van der Waals surface area contributed by atoms with Crippen molar-refractivity contribution in [3.63, 3.8) is 0 Å². The summed E-state index contributed by atoms with van der Waals surface area (Å²) in [6.45, 7) is 2.24. The molecule has 1 aliphatic rings. The molecule has 0 aromatic carbocycles. The van der Waals surface area contributed by atoms with E-state index in [0.717, 1.165) is 18.5 Å². The Morgan fingerprint density at radius 1 is 1.53 bits per heavy atom. The first kappa shape index (κ1) is 10.5. The minimum Gasteiger partial charge on any atom is -0.391 e. The second-order valence-electron chi connectivity index (χ2n) is 4.78. The van der Waals surface area contributed by atoms with Crippen LogP contribution in [0.25, 0.3) is 5.52 Å². The van der Waals surface area contributed by atoms with Crippen molar-refractivity contribution in [3.05, 3.63) is 34.5 Å². The van der Waals surface area contributed by atoms with Gasteiger partial charge in [0.25, 0.3) is 5.56 Å². The molecule has 0 saturated heterocycles. The fourth-order valence-electron chi connectivity index (χ4n) is 2.12. The normalized spacial score (nSPS) is 17.5. The Morgan fingerprint density at radius 3 is 3.00 bits per heavy atom. The molecule has 0 bridgehead atoms. The molecule has 5 heteroatoms. The SMILES string of the molecule is Cc1cc2c(=O)n(CC(O)C3CC3)ccn2n1. The van der Waals surface area contributed by atoms with Gasteiger partial charge in [0.1, 0.15) is 5.52 Å². The van der Waals surface area contributed by atoms with Crippen LogP contribution in [0, 0.1) is 12.8 Å². The van der Waals surface area contributed by atoms with Crippen LogP contribution in [0.3, 0.4) is 0 Å². The predicted molar refractivity (Wildman–Crippen MR) is 62.9 cm³/mol. The average molecular weight is 233 g/mol. The van der Waals surface area contributed by atoms with E-state index in [-0.39, 0.29) is 5.56 Å². The summed E-state index contributed by atoms with van der Waals surface area (Å²) in [4.78, 5) is 12.1. The van der Waals surface area contributed by atoms with Crippen LogP contribution >= 0.6 is 0 Å². The Balaban J connectivity index is 1.98. The number of fused-ring (bicyclic) bond motifs is 1. The summed E-state index contributed by atoms with van der Waals surface area (Å²) in [7, 11) is 0. The van der Waals surface area contributed by atoms with Gasteiger partial charge in [0.15, 0.2) is 0 Å². The Kier molecular flexibility index (Phi) is 2.29. The molecule has 0 amide bonds. The molecule has 90 valence electrons. The predicted octanol–water partition coefficient (Wildman–Crippen LogP) is 0.575. The van der Waals surface area contributed by atoms with Crippen molar-refractivity contribution in [2.45, 2.75) is 32.4 Å². The van der Waals surface area contributed by atoms with E-state index >= 15 is 0 Å². The zero-order chi connectivity index (χ0) is 12.0. The molecule has 2 heterocycles. The van der Waals surface area contributed by atoms with Gasteiger partial charge in [-0.05, 0) is 31.7 Å². The number of aliphatic hydroxyl groups excluding tert-OH is 1. The topological polar surface area (TPSA) is 59.5 Å². The van der Waals surface area contributed by atoms with Crippen molar-refractivity contribution in [2.24, 2.45) is 5.92 Å². The number of rotatable bonds is 3. The first-order valence-electron chi connectivity index (χ1n) is 5.88. The monoisotopic (exact) mass is 233 g/mol. The van der Waals surface area contributed by atoms with Crippen LogP contribution in [-0.2, 0) is 6.54 Å². The molecule has 0 spiro atoms. The third kappa shape index (κ3) is 1.86. The standard InChI is InChI=1S/C12H15N3O2/c1-8-6-10-12(17)14(4-5-15(10)13-8)7-11(16)9-2-3-9/h4-6,9,11,16H,2-3,7H2,1H3. The number of aromatic nitrogens is 3. The first-order valence-corrected chi connectivity index (χ1v) is 5.88. The number of hydrogen-bond acceptors (Lipinski definition) is 3. The minimum absolute atomic E-state index is 0.0900. The van der Waals surface area contributed by atoms with Gasteiger partial charge in [-0.25, -0.2) is 4.52 Å². The maximum atomic E-state index is 12.1. The van der Waals surface area contributed by atoms with Crippen LogP contribution in [0.2, 0.25) is 0 Å². The molecule has 2 aromatic rings. The number of nitrogens with zero attached hydrogens (tertiary/aromatic N) is 3. The highest BCUT2D eigenvalue weighted by Gasteiger charge is 2.30. The summed E-state index contributed by atoms with van der Waals surface area (Å²) in [6.07, 6.45) is 5.18. The lowest BCUT2D eigenvalue weighted by Gasteiger charge is -2.11. The van der Waals surface area contributed by atoms with Gasteiger partial charge in [0, 0.05) is 12.4 Å². The second kappa shape index (κ2) is 3.70. The average Bonchev–Trinajstić information content (AvgIpc) is 3.06. The van der Waals surface area contributed by atoms with Crippen LogP contribution in [-0.4, -0.2) is 25.4 Å². The van der Waals surface area contributed by atoms with Crippen LogP contribution in [0.1, 0.15) is 18.5 Å². The van der Waals surface area contributed by atoms with E-state index in [4.69, 9.17) is 0 Å². The van der Waals surface area contributed by atoms with E-state index in [1.54, 1.807) is 27.5 Å². The van der Waals surface area contributed by atoms with Gasteiger partial charge in [-0.2, -0.15) is 5.10 Å². The van der Waals surface area contributed by atoms with Crippen molar-refractivity contribution < 1.29 is 5.11 Å². The third-order valence-electron chi connectivity index (χ3n) is 3.28. The van der Waals surface area contributed by atoms with Crippen LogP contribution in [0.4, 0.5) is 0 Å². The highest BCUT2D eigenvalue weighted by molar-refractivity contribution is 5.44. The molecule has 0 radical (unpaired) electrons. The van der Waals surface area contributed by atoms with Gasteiger partial charge in [0.05, 0.1) is 18.3 Å². The summed E-state index contributed by atoms with van der Waals surface area (Å²) in [5.41, 5.74) is 1.29. The van der Waals surface area contributed by atoms with Crippen molar-refractivity contribution in [2.75, 3.05) is 0 Å². The van der Waals surface area contributed by atoms with Crippen LogP contribution in [0.5, 0.6) is 0 Å².